The summed E-state index contributed by atoms with van der Waals surface area (Å²) in [6.07, 6.45) is 1.98. The van der Waals surface area contributed by atoms with E-state index >= 15 is 0 Å². The third-order valence-corrected chi connectivity index (χ3v) is 5.52. The molecule has 0 atom stereocenters. The van der Waals surface area contributed by atoms with E-state index in [0.29, 0.717) is 5.16 Å². The van der Waals surface area contributed by atoms with Gasteiger partial charge in [-0.1, -0.05) is 42.1 Å². The summed E-state index contributed by atoms with van der Waals surface area (Å²) < 4.78 is 1.69. The number of thioether (sulfide) groups is 2. The molecule has 0 aliphatic heterocycles. The molecule has 0 unspecified atom stereocenters. The van der Waals surface area contributed by atoms with Crippen molar-refractivity contribution in [2.45, 2.75) is 23.9 Å². The number of hydrogen-bond acceptors (Lipinski definition) is 6. The minimum absolute atomic E-state index is 0.0902. The Morgan fingerprint density at radius 1 is 1.12 bits per heavy atom. The molecule has 26 heavy (non-hydrogen) atoms. The fraction of sp³-hybridized carbons (Fsp3) is 0.222. The van der Waals surface area contributed by atoms with Crippen molar-refractivity contribution >= 4 is 35.1 Å². The second kappa shape index (κ2) is 8.37. The molecule has 3 rings (SSSR count). The number of nitrogens with zero attached hydrogens (tertiary/aromatic N) is 4. The van der Waals surface area contributed by atoms with Gasteiger partial charge in [0.1, 0.15) is 0 Å². The van der Waals surface area contributed by atoms with Gasteiger partial charge in [0.2, 0.25) is 11.1 Å². The summed E-state index contributed by atoms with van der Waals surface area (Å²) >= 11 is 2.91. The van der Waals surface area contributed by atoms with Gasteiger partial charge in [0.15, 0.2) is 0 Å². The predicted molar refractivity (Wildman–Crippen MR) is 106 cm³/mol. The topological polar surface area (TPSA) is 72.7 Å². The maximum absolute atomic E-state index is 12.3. The number of carbonyl (C=O) groups excluding carboxylic acids is 1. The average molecular weight is 386 g/mol. The van der Waals surface area contributed by atoms with Crippen LogP contribution in [-0.4, -0.2) is 38.1 Å². The molecule has 2 aromatic carbocycles. The fourth-order valence-corrected chi connectivity index (χ4v) is 3.84. The van der Waals surface area contributed by atoms with E-state index in [-0.39, 0.29) is 11.7 Å². The first-order chi connectivity index (χ1) is 12.6. The van der Waals surface area contributed by atoms with Crippen LogP contribution in [0.2, 0.25) is 0 Å². The summed E-state index contributed by atoms with van der Waals surface area (Å²) in [6.45, 7) is 4.04. The van der Waals surface area contributed by atoms with E-state index in [0.717, 1.165) is 27.4 Å². The molecule has 6 nitrogen and oxygen atoms in total. The maximum atomic E-state index is 12.3. The normalized spacial score (nSPS) is 10.7. The Hall–Kier alpha value is -2.32. The highest BCUT2D eigenvalue weighted by Crippen LogP contribution is 2.26. The van der Waals surface area contributed by atoms with E-state index in [4.69, 9.17) is 0 Å². The number of aromatic nitrogens is 4. The first-order valence-electron chi connectivity index (χ1n) is 8.01. The van der Waals surface area contributed by atoms with Gasteiger partial charge in [-0.05, 0) is 53.8 Å². The Balaban J connectivity index is 1.72. The maximum Gasteiger partial charge on any atom is 0.234 e. The zero-order valence-electron chi connectivity index (χ0n) is 14.8. The van der Waals surface area contributed by atoms with Crippen molar-refractivity contribution in [3.63, 3.8) is 0 Å². The van der Waals surface area contributed by atoms with Crippen LogP contribution in [0.25, 0.3) is 5.69 Å². The minimum Gasteiger partial charge on any atom is -0.324 e. The molecule has 1 amide bonds. The highest BCUT2D eigenvalue weighted by Gasteiger charge is 2.15. The molecule has 0 spiro atoms. The minimum atomic E-state index is -0.0902. The van der Waals surface area contributed by atoms with Gasteiger partial charge in [-0.15, -0.1) is 16.9 Å². The van der Waals surface area contributed by atoms with E-state index < -0.39 is 0 Å². The summed E-state index contributed by atoms with van der Waals surface area (Å²) in [6, 6.07) is 13.8. The van der Waals surface area contributed by atoms with Crippen molar-refractivity contribution in [3.05, 3.63) is 53.6 Å². The quantitative estimate of drug-likeness (QED) is 0.652. The predicted octanol–water partition coefficient (Wildman–Crippen LogP) is 3.73. The van der Waals surface area contributed by atoms with Crippen LogP contribution >= 0.6 is 23.5 Å². The van der Waals surface area contributed by atoms with Gasteiger partial charge in [0.25, 0.3) is 0 Å². The zero-order valence-corrected chi connectivity index (χ0v) is 16.4. The van der Waals surface area contributed by atoms with Crippen LogP contribution in [0, 0.1) is 13.8 Å². The van der Waals surface area contributed by atoms with Crippen LogP contribution in [0.4, 0.5) is 5.69 Å². The molecule has 0 aliphatic carbocycles. The number of nitrogens with one attached hydrogen (secondary N) is 1. The lowest BCUT2D eigenvalue weighted by Crippen LogP contribution is -2.15. The smallest absolute Gasteiger partial charge is 0.234 e. The zero-order chi connectivity index (χ0) is 18.5. The Morgan fingerprint density at radius 3 is 2.58 bits per heavy atom. The molecule has 1 N–H and O–H groups in total. The van der Waals surface area contributed by atoms with E-state index in [1.807, 2.05) is 62.6 Å². The number of hydrogen-bond donors (Lipinski definition) is 1. The number of benzene rings is 2. The molecule has 0 saturated heterocycles. The molecule has 3 aromatic rings. The second-order valence-corrected chi connectivity index (χ2v) is 7.44. The number of rotatable bonds is 6. The third-order valence-electron chi connectivity index (χ3n) is 3.81. The molecule has 134 valence electrons. The van der Waals surface area contributed by atoms with Crippen LogP contribution in [-0.2, 0) is 4.79 Å². The second-order valence-electron chi connectivity index (χ2n) is 5.65. The van der Waals surface area contributed by atoms with Gasteiger partial charge in [-0.25, -0.2) is 0 Å². The van der Waals surface area contributed by atoms with Crippen LogP contribution < -0.4 is 5.32 Å². The van der Waals surface area contributed by atoms with E-state index in [1.165, 1.54) is 11.8 Å². The van der Waals surface area contributed by atoms with E-state index in [1.54, 1.807) is 16.4 Å². The van der Waals surface area contributed by atoms with E-state index in [9.17, 15) is 4.79 Å². The largest absolute Gasteiger partial charge is 0.324 e. The van der Waals surface area contributed by atoms with Crippen molar-refractivity contribution in [2.24, 2.45) is 0 Å². The first kappa shape index (κ1) is 18.5. The molecule has 1 heterocycles. The highest BCUT2D eigenvalue weighted by molar-refractivity contribution is 7.99. The average Bonchev–Trinajstić information content (AvgIpc) is 3.08. The lowest BCUT2D eigenvalue weighted by Gasteiger charge is -2.11. The van der Waals surface area contributed by atoms with Gasteiger partial charge in [0, 0.05) is 4.90 Å². The van der Waals surface area contributed by atoms with Crippen LogP contribution in [0.5, 0.6) is 0 Å². The Labute approximate surface area is 160 Å². The first-order valence-corrected chi connectivity index (χ1v) is 10.2. The number of carbonyl (C=O) groups is 1. The molecular formula is C18H19N5OS2. The number of aryl methyl sites for hydroxylation is 2. The molecule has 0 saturated carbocycles. The summed E-state index contributed by atoms with van der Waals surface area (Å²) in [5, 5.41) is 15.5. The molecule has 0 bridgehead atoms. The summed E-state index contributed by atoms with van der Waals surface area (Å²) in [7, 11) is 0. The number of amides is 1. The third kappa shape index (κ3) is 4.08. The summed E-state index contributed by atoms with van der Waals surface area (Å²) in [5.41, 5.74) is 3.93. The SMILES string of the molecule is CSc1ccccc1NC(=O)CSc1nnnn1-c1c(C)cccc1C. The lowest BCUT2D eigenvalue weighted by molar-refractivity contribution is -0.113. The van der Waals surface area contributed by atoms with Crippen molar-refractivity contribution in [2.75, 3.05) is 17.3 Å². The fourth-order valence-electron chi connectivity index (χ4n) is 2.61. The Kier molecular flexibility index (Phi) is 5.95. The number of tetrazole rings is 1. The Morgan fingerprint density at radius 2 is 1.85 bits per heavy atom. The molecule has 0 fully saturated rings. The van der Waals surface area contributed by atoms with Crippen molar-refractivity contribution in [1.29, 1.82) is 0 Å². The van der Waals surface area contributed by atoms with E-state index in [2.05, 4.69) is 20.8 Å². The van der Waals surface area contributed by atoms with Gasteiger partial charge >= 0.3 is 0 Å². The van der Waals surface area contributed by atoms with Gasteiger partial charge in [0.05, 0.1) is 17.1 Å². The van der Waals surface area contributed by atoms with Crippen molar-refractivity contribution in [1.82, 2.24) is 20.2 Å². The highest BCUT2D eigenvalue weighted by atomic mass is 32.2. The summed E-state index contributed by atoms with van der Waals surface area (Å²) in [5.74, 6) is 0.140. The molecule has 1 aromatic heterocycles. The van der Waals surface area contributed by atoms with Gasteiger partial charge in [-0.2, -0.15) is 4.68 Å². The molecule has 0 radical (unpaired) electrons. The van der Waals surface area contributed by atoms with Crippen molar-refractivity contribution in [3.8, 4) is 5.69 Å². The van der Waals surface area contributed by atoms with Crippen molar-refractivity contribution < 1.29 is 4.79 Å². The summed E-state index contributed by atoms with van der Waals surface area (Å²) in [4.78, 5) is 13.4. The van der Waals surface area contributed by atoms with Crippen LogP contribution in [0.3, 0.4) is 0 Å². The molecular weight excluding hydrogens is 366 g/mol. The van der Waals surface area contributed by atoms with Gasteiger partial charge in [-0.3, -0.25) is 4.79 Å². The number of anilines is 1. The van der Waals surface area contributed by atoms with Gasteiger partial charge < -0.3 is 5.32 Å². The molecule has 0 aliphatic rings. The lowest BCUT2D eigenvalue weighted by atomic mass is 10.1. The Bertz CT molecular complexity index is 905. The van der Waals surface area contributed by atoms with Crippen LogP contribution in [0.1, 0.15) is 11.1 Å². The monoisotopic (exact) mass is 385 g/mol. The molecule has 8 heteroatoms. The standard InChI is InChI=1S/C18H19N5OS2/c1-12-7-6-8-13(2)17(12)23-18(20-21-22-23)26-11-16(24)19-14-9-4-5-10-15(14)25-3/h4-10H,11H2,1-3H3,(H,19,24). The number of para-hydroxylation sites is 2. The van der Waals surface area contributed by atoms with Crippen LogP contribution in [0.15, 0.2) is 52.5 Å².